The Labute approximate surface area is 126 Å². The fourth-order valence-electron chi connectivity index (χ4n) is 2.42. The highest BCUT2D eigenvalue weighted by Crippen LogP contribution is 2.17. The van der Waals surface area contributed by atoms with Crippen LogP contribution in [0.3, 0.4) is 0 Å². The van der Waals surface area contributed by atoms with Crippen LogP contribution in [0.4, 0.5) is 10.1 Å². The molecule has 1 atom stereocenters. The maximum atomic E-state index is 13.2. The third-order valence-electron chi connectivity index (χ3n) is 3.57. The Morgan fingerprint density at radius 1 is 1.48 bits per heavy atom. The number of amides is 1. The zero-order valence-corrected chi connectivity index (χ0v) is 13.3. The summed E-state index contributed by atoms with van der Waals surface area (Å²) in [5, 5.41) is 3.23. The van der Waals surface area contributed by atoms with Gasteiger partial charge in [-0.2, -0.15) is 0 Å². The van der Waals surface area contributed by atoms with Crippen LogP contribution in [-0.4, -0.2) is 31.1 Å². The number of benzene rings is 1. The first-order chi connectivity index (χ1) is 9.74. The van der Waals surface area contributed by atoms with Crippen LogP contribution >= 0.6 is 0 Å². The van der Waals surface area contributed by atoms with Gasteiger partial charge in [-0.3, -0.25) is 4.79 Å². The molecule has 0 fully saturated rings. The van der Waals surface area contributed by atoms with Crippen LogP contribution in [0.15, 0.2) is 24.3 Å². The molecule has 118 valence electrons. The van der Waals surface area contributed by atoms with Gasteiger partial charge in [-0.05, 0) is 51.8 Å². The number of rotatable bonds is 8. The van der Waals surface area contributed by atoms with Crippen molar-refractivity contribution in [1.29, 1.82) is 0 Å². The van der Waals surface area contributed by atoms with Crippen LogP contribution in [0.25, 0.3) is 0 Å². The zero-order chi connectivity index (χ0) is 16.0. The molecule has 0 aliphatic rings. The lowest BCUT2D eigenvalue weighted by atomic mass is 9.93. The normalized spacial score (nSPS) is 14.0. The quantitative estimate of drug-likeness (QED) is 0.773. The monoisotopic (exact) mass is 295 g/mol. The van der Waals surface area contributed by atoms with Gasteiger partial charge in [0.15, 0.2) is 0 Å². The van der Waals surface area contributed by atoms with E-state index >= 15 is 0 Å². The zero-order valence-electron chi connectivity index (χ0n) is 13.3. The number of nitrogens with zero attached hydrogens (tertiary/aromatic N) is 1. The second-order valence-electron chi connectivity index (χ2n) is 6.00. The Kier molecular flexibility index (Phi) is 6.15. The summed E-state index contributed by atoms with van der Waals surface area (Å²) < 4.78 is 13.2. The van der Waals surface area contributed by atoms with Crippen LogP contribution < -0.4 is 16.0 Å². The standard InChI is InChI=1S/C16H26FN3O/c1-12(2)19-16(3,15(18)21)9-6-10-20(4)14-8-5-7-13(17)11-14/h5,7-8,11-12,19H,6,9-10H2,1-4H3,(H2,18,21). The van der Waals surface area contributed by atoms with E-state index in [9.17, 15) is 9.18 Å². The molecule has 0 radical (unpaired) electrons. The van der Waals surface area contributed by atoms with Crippen molar-refractivity contribution < 1.29 is 9.18 Å². The highest BCUT2D eigenvalue weighted by Gasteiger charge is 2.30. The molecular weight excluding hydrogens is 269 g/mol. The van der Waals surface area contributed by atoms with E-state index in [-0.39, 0.29) is 17.8 Å². The molecule has 4 nitrogen and oxygen atoms in total. The summed E-state index contributed by atoms with van der Waals surface area (Å²) in [5.41, 5.74) is 5.62. The van der Waals surface area contributed by atoms with E-state index in [0.29, 0.717) is 6.42 Å². The van der Waals surface area contributed by atoms with Gasteiger partial charge in [0, 0.05) is 25.3 Å². The number of nitrogens with two attached hydrogens (primary N) is 1. The lowest BCUT2D eigenvalue weighted by Gasteiger charge is -2.30. The number of carbonyl (C=O) groups excluding carboxylic acids is 1. The summed E-state index contributed by atoms with van der Waals surface area (Å²) in [7, 11) is 1.91. The number of nitrogens with one attached hydrogen (secondary N) is 1. The van der Waals surface area contributed by atoms with Crippen LogP contribution in [-0.2, 0) is 4.79 Å². The van der Waals surface area contributed by atoms with Crippen molar-refractivity contribution in [1.82, 2.24) is 5.32 Å². The predicted molar refractivity (Wildman–Crippen MR) is 84.8 cm³/mol. The van der Waals surface area contributed by atoms with E-state index in [0.717, 1.165) is 18.7 Å². The summed E-state index contributed by atoms with van der Waals surface area (Å²) in [6.45, 7) is 6.53. The fraction of sp³-hybridized carbons (Fsp3) is 0.562. The average molecular weight is 295 g/mol. The number of halogens is 1. The molecule has 5 heteroatoms. The van der Waals surface area contributed by atoms with Gasteiger partial charge in [0.05, 0.1) is 5.54 Å². The minimum atomic E-state index is -0.711. The SMILES string of the molecule is CC(C)NC(C)(CCCN(C)c1cccc(F)c1)C(N)=O. The second-order valence-corrected chi connectivity index (χ2v) is 6.00. The molecule has 3 N–H and O–H groups in total. The number of primary amides is 1. The number of hydrogen-bond donors (Lipinski definition) is 2. The molecule has 0 aromatic heterocycles. The van der Waals surface area contributed by atoms with E-state index in [1.807, 2.05) is 38.8 Å². The van der Waals surface area contributed by atoms with E-state index in [2.05, 4.69) is 5.32 Å². The Morgan fingerprint density at radius 2 is 2.14 bits per heavy atom. The number of anilines is 1. The second kappa shape index (κ2) is 7.41. The van der Waals surface area contributed by atoms with Gasteiger partial charge in [0.2, 0.25) is 5.91 Å². The molecule has 0 aliphatic carbocycles. The predicted octanol–water partition coefficient (Wildman–Crippen LogP) is 2.28. The van der Waals surface area contributed by atoms with Crippen molar-refractivity contribution in [2.24, 2.45) is 5.73 Å². The van der Waals surface area contributed by atoms with E-state index in [1.165, 1.54) is 12.1 Å². The van der Waals surface area contributed by atoms with Gasteiger partial charge in [0.25, 0.3) is 0 Å². The topological polar surface area (TPSA) is 58.4 Å². The largest absolute Gasteiger partial charge is 0.375 e. The Hall–Kier alpha value is -1.62. The van der Waals surface area contributed by atoms with Crippen molar-refractivity contribution in [3.05, 3.63) is 30.1 Å². The third-order valence-corrected chi connectivity index (χ3v) is 3.57. The van der Waals surface area contributed by atoms with Crippen molar-refractivity contribution in [2.75, 3.05) is 18.5 Å². The molecule has 0 saturated heterocycles. The molecular formula is C16H26FN3O. The molecule has 0 bridgehead atoms. The maximum absolute atomic E-state index is 13.2. The summed E-state index contributed by atoms with van der Waals surface area (Å²) in [6.07, 6.45) is 1.42. The average Bonchev–Trinajstić information content (AvgIpc) is 2.37. The first-order valence-electron chi connectivity index (χ1n) is 7.29. The lowest BCUT2D eigenvalue weighted by molar-refractivity contribution is -0.124. The maximum Gasteiger partial charge on any atom is 0.237 e. The number of hydrogen-bond acceptors (Lipinski definition) is 3. The third kappa shape index (κ3) is 5.34. The molecule has 21 heavy (non-hydrogen) atoms. The molecule has 1 rings (SSSR count). The van der Waals surface area contributed by atoms with Gasteiger partial charge in [-0.15, -0.1) is 0 Å². The van der Waals surface area contributed by atoms with E-state index in [4.69, 9.17) is 5.73 Å². The Morgan fingerprint density at radius 3 is 2.67 bits per heavy atom. The molecule has 0 aliphatic heterocycles. The van der Waals surface area contributed by atoms with Crippen molar-refractivity contribution in [3.8, 4) is 0 Å². The van der Waals surface area contributed by atoms with Crippen LogP contribution in [0, 0.1) is 5.82 Å². The van der Waals surface area contributed by atoms with Crippen LogP contribution in [0.5, 0.6) is 0 Å². The van der Waals surface area contributed by atoms with Crippen molar-refractivity contribution in [3.63, 3.8) is 0 Å². The molecule has 1 aromatic rings. The van der Waals surface area contributed by atoms with Crippen molar-refractivity contribution in [2.45, 2.75) is 45.2 Å². The molecule has 0 saturated carbocycles. The molecule has 0 spiro atoms. The Bertz CT molecular complexity index is 478. The molecule has 1 aromatic carbocycles. The fourth-order valence-corrected chi connectivity index (χ4v) is 2.42. The van der Waals surface area contributed by atoms with Gasteiger partial charge >= 0.3 is 0 Å². The molecule has 0 heterocycles. The lowest BCUT2D eigenvalue weighted by Crippen LogP contribution is -2.55. The van der Waals surface area contributed by atoms with Gasteiger partial charge < -0.3 is 16.0 Å². The van der Waals surface area contributed by atoms with Crippen molar-refractivity contribution >= 4 is 11.6 Å². The van der Waals surface area contributed by atoms with Gasteiger partial charge in [-0.1, -0.05) is 6.07 Å². The minimum absolute atomic E-state index is 0.184. The van der Waals surface area contributed by atoms with Crippen LogP contribution in [0.2, 0.25) is 0 Å². The summed E-state index contributed by atoms with van der Waals surface area (Å²) in [4.78, 5) is 13.6. The highest BCUT2D eigenvalue weighted by molar-refractivity contribution is 5.84. The smallest absolute Gasteiger partial charge is 0.237 e. The minimum Gasteiger partial charge on any atom is -0.375 e. The van der Waals surface area contributed by atoms with Gasteiger partial charge in [-0.25, -0.2) is 4.39 Å². The summed E-state index contributed by atoms with van der Waals surface area (Å²) in [5.74, 6) is -0.590. The summed E-state index contributed by atoms with van der Waals surface area (Å²) in [6, 6.07) is 6.66. The molecule has 1 unspecified atom stereocenters. The van der Waals surface area contributed by atoms with Gasteiger partial charge in [0.1, 0.15) is 5.82 Å². The highest BCUT2D eigenvalue weighted by atomic mass is 19.1. The van der Waals surface area contributed by atoms with E-state index < -0.39 is 5.54 Å². The first kappa shape index (κ1) is 17.4. The molecule has 1 amide bonds. The summed E-state index contributed by atoms with van der Waals surface area (Å²) >= 11 is 0. The number of carbonyl (C=O) groups is 1. The first-order valence-corrected chi connectivity index (χ1v) is 7.29. The van der Waals surface area contributed by atoms with E-state index in [1.54, 1.807) is 6.07 Å². The Balaban J connectivity index is 2.56. The van der Waals surface area contributed by atoms with Crippen LogP contribution in [0.1, 0.15) is 33.6 Å².